The number of nitrogens with two attached hydrogens (primary N) is 1. The second kappa shape index (κ2) is 5.71. The molecular weight excluding hydrogens is 266 g/mol. The monoisotopic (exact) mass is 279 g/mol. The van der Waals surface area contributed by atoms with Gasteiger partial charge in [-0.15, -0.1) is 0 Å². The predicted molar refractivity (Wildman–Crippen MR) is 72.9 cm³/mol. The molecule has 6 nitrogen and oxygen atoms in total. The van der Waals surface area contributed by atoms with E-state index in [0.29, 0.717) is 35.1 Å². The maximum Gasteiger partial charge on any atom is 0.252 e. The first-order valence-corrected chi connectivity index (χ1v) is 6.12. The van der Waals surface area contributed by atoms with E-state index in [1.54, 1.807) is 36.3 Å². The van der Waals surface area contributed by atoms with E-state index in [-0.39, 0.29) is 5.91 Å². The number of aromatic nitrogens is 3. The molecule has 0 bridgehead atoms. The molecule has 0 aliphatic rings. The maximum atomic E-state index is 11.9. The van der Waals surface area contributed by atoms with Crippen molar-refractivity contribution in [1.29, 1.82) is 0 Å². The molecule has 0 aliphatic heterocycles. The summed E-state index contributed by atoms with van der Waals surface area (Å²) in [5, 5.41) is 7.23. The second-order valence-electron chi connectivity index (χ2n) is 4.08. The average molecular weight is 280 g/mol. The first-order chi connectivity index (χ1) is 9.06. The van der Waals surface area contributed by atoms with Gasteiger partial charge in [-0.3, -0.25) is 9.48 Å². The third-order valence-corrected chi connectivity index (χ3v) is 2.83. The highest BCUT2D eigenvalue weighted by atomic mass is 35.5. The van der Waals surface area contributed by atoms with Crippen molar-refractivity contribution in [1.82, 2.24) is 20.1 Å². The Labute approximate surface area is 115 Å². The summed E-state index contributed by atoms with van der Waals surface area (Å²) in [6.07, 6.45) is 2.19. The number of carbonyl (C=O) groups excluding carboxylic acids is 1. The number of nitrogen functional groups attached to an aromatic ring is 1. The SMILES string of the molecule is Cn1cnc(CCNC(=O)c2ccc(N)cc2Cl)n1. The lowest BCUT2D eigenvalue weighted by Crippen LogP contribution is -2.26. The topological polar surface area (TPSA) is 85.8 Å². The Morgan fingerprint density at radius 1 is 1.53 bits per heavy atom. The van der Waals surface area contributed by atoms with Crippen molar-refractivity contribution >= 4 is 23.2 Å². The number of hydrogen-bond acceptors (Lipinski definition) is 4. The van der Waals surface area contributed by atoms with E-state index in [4.69, 9.17) is 17.3 Å². The first kappa shape index (κ1) is 13.4. The fraction of sp³-hybridized carbons (Fsp3) is 0.250. The molecule has 0 radical (unpaired) electrons. The normalized spacial score (nSPS) is 10.4. The molecule has 2 rings (SSSR count). The number of aryl methyl sites for hydroxylation is 1. The molecule has 0 saturated carbocycles. The molecule has 1 amide bonds. The van der Waals surface area contributed by atoms with Crippen LogP contribution in [0.2, 0.25) is 5.02 Å². The molecule has 0 fully saturated rings. The number of halogens is 1. The molecule has 0 aliphatic carbocycles. The molecule has 0 spiro atoms. The Kier molecular flexibility index (Phi) is 4.01. The summed E-state index contributed by atoms with van der Waals surface area (Å²) >= 11 is 5.95. The van der Waals surface area contributed by atoms with Crippen molar-refractivity contribution in [3.63, 3.8) is 0 Å². The third-order valence-electron chi connectivity index (χ3n) is 2.52. The van der Waals surface area contributed by atoms with Crippen LogP contribution in [0, 0.1) is 0 Å². The maximum absolute atomic E-state index is 11.9. The summed E-state index contributed by atoms with van der Waals surface area (Å²) in [7, 11) is 1.79. The Morgan fingerprint density at radius 3 is 2.95 bits per heavy atom. The van der Waals surface area contributed by atoms with E-state index in [0.717, 1.165) is 0 Å². The molecule has 0 unspecified atom stereocenters. The molecule has 1 aromatic carbocycles. The molecule has 1 heterocycles. The Bertz CT molecular complexity index is 596. The van der Waals surface area contributed by atoms with Crippen molar-refractivity contribution in [2.24, 2.45) is 7.05 Å². The van der Waals surface area contributed by atoms with E-state index in [1.807, 2.05) is 0 Å². The van der Waals surface area contributed by atoms with Gasteiger partial charge in [-0.1, -0.05) is 11.6 Å². The molecule has 19 heavy (non-hydrogen) atoms. The van der Waals surface area contributed by atoms with Gasteiger partial charge >= 0.3 is 0 Å². The highest BCUT2D eigenvalue weighted by Crippen LogP contribution is 2.18. The highest BCUT2D eigenvalue weighted by Gasteiger charge is 2.10. The second-order valence-corrected chi connectivity index (χ2v) is 4.49. The Hall–Kier alpha value is -2.08. The summed E-state index contributed by atoms with van der Waals surface area (Å²) in [6.45, 7) is 0.448. The van der Waals surface area contributed by atoms with Gasteiger partial charge < -0.3 is 11.1 Å². The summed E-state index contributed by atoms with van der Waals surface area (Å²) < 4.78 is 1.62. The zero-order valence-corrected chi connectivity index (χ0v) is 11.2. The number of anilines is 1. The van der Waals surface area contributed by atoms with Crippen molar-refractivity contribution in [2.75, 3.05) is 12.3 Å². The molecule has 3 N–H and O–H groups in total. The molecular formula is C12H14ClN5O. The van der Waals surface area contributed by atoms with Crippen LogP contribution >= 0.6 is 11.6 Å². The largest absolute Gasteiger partial charge is 0.399 e. The van der Waals surface area contributed by atoms with Gasteiger partial charge in [0.15, 0.2) is 5.82 Å². The van der Waals surface area contributed by atoms with Gasteiger partial charge in [-0.25, -0.2) is 4.98 Å². The highest BCUT2D eigenvalue weighted by molar-refractivity contribution is 6.34. The van der Waals surface area contributed by atoms with Gasteiger partial charge in [0.25, 0.3) is 5.91 Å². The summed E-state index contributed by atoms with van der Waals surface area (Å²) in [5.41, 5.74) is 6.51. The third kappa shape index (κ3) is 3.45. The van der Waals surface area contributed by atoms with E-state index in [1.165, 1.54) is 0 Å². The number of hydrogen-bond donors (Lipinski definition) is 2. The van der Waals surface area contributed by atoms with Gasteiger partial charge in [-0.2, -0.15) is 5.10 Å². The summed E-state index contributed by atoms with van der Waals surface area (Å²) in [5.74, 6) is 0.451. The molecule has 2 aromatic rings. The molecule has 0 atom stereocenters. The van der Waals surface area contributed by atoms with Gasteiger partial charge in [0.1, 0.15) is 6.33 Å². The number of rotatable bonds is 4. The molecule has 100 valence electrons. The van der Waals surface area contributed by atoms with Crippen molar-refractivity contribution in [3.8, 4) is 0 Å². The Morgan fingerprint density at radius 2 is 2.32 bits per heavy atom. The lowest BCUT2D eigenvalue weighted by Gasteiger charge is -2.06. The zero-order valence-electron chi connectivity index (χ0n) is 10.4. The van der Waals surface area contributed by atoms with E-state index in [2.05, 4.69) is 15.4 Å². The van der Waals surface area contributed by atoms with E-state index in [9.17, 15) is 4.79 Å². The fourth-order valence-electron chi connectivity index (χ4n) is 1.60. The fourth-order valence-corrected chi connectivity index (χ4v) is 1.87. The van der Waals surface area contributed by atoms with Crippen molar-refractivity contribution in [2.45, 2.75) is 6.42 Å². The van der Waals surface area contributed by atoms with Gasteiger partial charge in [0, 0.05) is 25.7 Å². The number of benzene rings is 1. The van der Waals surface area contributed by atoms with Gasteiger partial charge in [-0.05, 0) is 18.2 Å². The number of nitrogens with zero attached hydrogens (tertiary/aromatic N) is 3. The zero-order chi connectivity index (χ0) is 13.8. The molecule has 0 saturated heterocycles. The van der Waals surface area contributed by atoms with Crippen LogP contribution in [0.3, 0.4) is 0 Å². The van der Waals surface area contributed by atoms with Crippen LogP contribution in [-0.2, 0) is 13.5 Å². The Balaban J connectivity index is 1.90. The molecule has 1 aromatic heterocycles. The average Bonchev–Trinajstić information content (AvgIpc) is 2.75. The number of carbonyl (C=O) groups is 1. The minimum absolute atomic E-state index is 0.235. The van der Waals surface area contributed by atoms with Crippen LogP contribution in [0.5, 0.6) is 0 Å². The smallest absolute Gasteiger partial charge is 0.252 e. The first-order valence-electron chi connectivity index (χ1n) is 5.74. The summed E-state index contributed by atoms with van der Waals surface area (Å²) in [4.78, 5) is 16.0. The van der Waals surface area contributed by atoms with E-state index < -0.39 is 0 Å². The lowest BCUT2D eigenvalue weighted by molar-refractivity contribution is 0.0954. The minimum atomic E-state index is -0.235. The van der Waals surface area contributed by atoms with Crippen LogP contribution in [-0.4, -0.2) is 27.2 Å². The van der Waals surface area contributed by atoms with Crippen molar-refractivity contribution < 1.29 is 4.79 Å². The standard InChI is InChI=1S/C12H14ClN5O/c1-18-7-16-11(17-18)4-5-15-12(19)9-3-2-8(14)6-10(9)13/h2-3,6-7H,4-5,14H2,1H3,(H,15,19). The van der Waals surface area contributed by atoms with Crippen LogP contribution in [0.15, 0.2) is 24.5 Å². The summed E-state index contributed by atoms with van der Waals surface area (Å²) in [6, 6.07) is 4.80. The van der Waals surface area contributed by atoms with Crippen molar-refractivity contribution in [3.05, 3.63) is 40.9 Å². The van der Waals surface area contributed by atoms with Gasteiger partial charge in [0.2, 0.25) is 0 Å². The van der Waals surface area contributed by atoms with Crippen LogP contribution in [0.4, 0.5) is 5.69 Å². The predicted octanol–water partition coefficient (Wildman–Crippen LogP) is 1.02. The lowest BCUT2D eigenvalue weighted by atomic mass is 10.2. The number of nitrogens with one attached hydrogen (secondary N) is 1. The van der Waals surface area contributed by atoms with Crippen LogP contribution in [0.25, 0.3) is 0 Å². The van der Waals surface area contributed by atoms with E-state index >= 15 is 0 Å². The molecule has 7 heteroatoms. The van der Waals surface area contributed by atoms with Crippen LogP contribution < -0.4 is 11.1 Å². The van der Waals surface area contributed by atoms with Gasteiger partial charge in [0.05, 0.1) is 10.6 Å². The minimum Gasteiger partial charge on any atom is -0.399 e. The quantitative estimate of drug-likeness (QED) is 0.818. The van der Waals surface area contributed by atoms with Crippen LogP contribution in [0.1, 0.15) is 16.2 Å². The number of amides is 1.